The van der Waals surface area contributed by atoms with Gasteiger partial charge in [-0.2, -0.15) is 0 Å². The molecule has 0 amide bonds. The minimum Gasteiger partial charge on any atom is -0.376 e. The Bertz CT molecular complexity index is 1090. The summed E-state index contributed by atoms with van der Waals surface area (Å²) in [5.74, 6) is -2.06. The zero-order valence-electron chi connectivity index (χ0n) is 18.2. The maximum Gasteiger partial charge on any atom is 0.223 e. The Morgan fingerprint density at radius 1 is 1.03 bits per heavy atom. The van der Waals surface area contributed by atoms with Crippen LogP contribution in [0.2, 0.25) is 0 Å². The molecule has 1 aliphatic heterocycles. The number of rotatable bonds is 6. The van der Waals surface area contributed by atoms with Crippen molar-refractivity contribution in [1.29, 1.82) is 0 Å². The first-order chi connectivity index (χ1) is 15.3. The Labute approximate surface area is 185 Å². The highest BCUT2D eigenvalue weighted by Gasteiger charge is 2.41. The maximum absolute atomic E-state index is 14.3. The van der Waals surface area contributed by atoms with Gasteiger partial charge in [0.25, 0.3) is 0 Å². The first kappa shape index (κ1) is 22.3. The van der Waals surface area contributed by atoms with E-state index in [1.807, 2.05) is 18.2 Å². The van der Waals surface area contributed by atoms with Crippen molar-refractivity contribution in [3.8, 4) is 11.3 Å². The maximum atomic E-state index is 14.3. The molecule has 1 aliphatic rings. The molecule has 1 N–H and O–H groups in total. The summed E-state index contributed by atoms with van der Waals surface area (Å²) >= 11 is 0. The average Bonchev–Trinajstić information content (AvgIpc) is 2.77. The molecule has 1 saturated heterocycles. The van der Waals surface area contributed by atoms with Crippen molar-refractivity contribution in [1.82, 2.24) is 9.97 Å². The number of nitrogens with zero attached hydrogens (tertiary/aromatic N) is 2. The number of hydrogen-bond acceptors (Lipinski definition) is 4. The highest BCUT2D eigenvalue weighted by Crippen LogP contribution is 2.43. The number of halogens is 3. The third kappa shape index (κ3) is 4.78. The number of benzene rings is 2. The molecule has 0 aliphatic carbocycles. The minimum absolute atomic E-state index is 0.0897. The summed E-state index contributed by atoms with van der Waals surface area (Å²) in [6, 6.07) is 13.2. The van der Waals surface area contributed by atoms with E-state index in [2.05, 4.69) is 41.3 Å². The lowest BCUT2D eigenvalue weighted by Crippen LogP contribution is -2.45. The van der Waals surface area contributed by atoms with Crippen molar-refractivity contribution >= 4 is 5.95 Å². The third-order valence-corrected chi connectivity index (χ3v) is 6.04. The van der Waals surface area contributed by atoms with Crippen LogP contribution in [0.3, 0.4) is 0 Å². The molecule has 2 aromatic carbocycles. The molecule has 0 bridgehead atoms. The summed E-state index contributed by atoms with van der Waals surface area (Å²) < 4.78 is 48.0. The predicted molar refractivity (Wildman–Crippen MR) is 118 cm³/mol. The van der Waals surface area contributed by atoms with Crippen LogP contribution in [0.15, 0.2) is 54.7 Å². The smallest absolute Gasteiger partial charge is 0.223 e. The van der Waals surface area contributed by atoms with E-state index in [0.29, 0.717) is 13.2 Å². The van der Waals surface area contributed by atoms with E-state index in [0.717, 1.165) is 43.7 Å². The van der Waals surface area contributed by atoms with Gasteiger partial charge in [0, 0.05) is 24.1 Å². The summed E-state index contributed by atoms with van der Waals surface area (Å²) in [5, 5.41) is 3.14. The SMILES string of the molecule is CC1(C)CC(CCNc2ncc(F)c(-c3cc(F)ccc3F)n2)(c2ccccc2)CCO1. The first-order valence-electron chi connectivity index (χ1n) is 10.7. The van der Waals surface area contributed by atoms with Gasteiger partial charge in [-0.15, -0.1) is 0 Å². The molecule has 4 nitrogen and oxygen atoms in total. The van der Waals surface area contributed by atoms with E-state index >= 15 is 0 Å². The molecule has 7 heteroatoms. The van der Waals surface area contributed by atoms with Crippen molar-refractivity contribution < 1.29 is 17.9 Å². The second kappa shape index (κ2) is 8.90. The Balaban J connectivity index is 1.55. The fourth-order valence-electron chi connectivity index (χ4n) is 4.61. The van der Waals surface area contributed by atoms with Gasteiger partial charge >= 0.3 is 0 Å². The van der Waals surface area contributed by atoms with Crippen LogP contribution in [0.4, 0.5) is 19.1 Å². The van der Waals surface area contributed by atoms with Crippen LogP contribution in [0, 0.1) is 17.5 Å². The van der Waals surface area contributed by atoms with Crippen LogP contribution in [-0.4, -0.2) is 28.7 Å². The quantitative estimate of drug-likeness (QED) is 0.518. The molecule has 1 atom stereocenters. The molecule has 0 radical (unpaired) electrons. The van der Waals surface area contributed by atoms with Crippen molar-refractivity contribution in [3.05, 3.63) is 77.7 Å². The van der Waals surface area contributed by atoms with Gasteiger partial charge in [-0.3, -0.25) is 0 Å². The molecule has 3 aromatic rings. The Morgan fingerprint density at radius 3 is 2.56 bits per heavy atom. The van der Waals surface area contributed by atoms with E-state index < -0.39 is 17.5 Å². The molecule has 1 aromatic heterocycles. The Morgan fingerprint density at radius 2 is 1.81 bits per heavy atom. The van der Waals surface area contributed by atoms with Crippen LogP contribution in [0.5, 0.6) is 0 Å². The predicted octanol–water partition coefficient (Wildman–Crippen LogP) is 5.89. The zero-order valence-corrected chi connectivity index (χ0v) is 18.2. The number of ether oxygens (including phenoxy) is 1. The van der Waals surface area contributed by atoms with Gasteiger partial charge in [0.05, 0.1) is 11.8 Å². The van der Waals surface area contributed by atoms with E-state index in [4.69, 9.17) is 4.74 Å². The van der Waals surface area contributed by atoms with Gasteiger partial charge in [-0.25, -0.2) is 23.1 Å². The minimum atomic E-state index is -0.813. The monoisotopic (exact) mass is 441 g/mol. The molecular weight excluding hydrogens is 415 g/mol. The molecule has 4 rings (SSSR count). The van der Waals surface area contributed by atoms with Crippen molar-refractivity contribution in [2.24, 2.45) is 0 Å². The fraction of sp³-hybridized carbons (Fsp3) is 0.360. The second-order valence-electron chi connectivity index (χ2n) is 8.87. The lowest BCUT2D eigenvalue weighted by molar-refractivity contribution is -0.0835. The second-order valence-corrected chi connectivity index (χ2v) is 8.87. The molecule has 1 fully saturated rings. The molecule has 2 heterocycles. The van der Waals surface area contributed by atoms with Crippen molar-refractivity contribution in [2.75, 3.05) is 18.5 Å². The van der Waals surface area contributed by atoms with E-state index in [9.17, 15) is 13.2 Å². The lowest BCUT2D eigenvalue weighted by Gasteiger charge is -2.45. The highest BCUT2D eigenvalue weighted by molar-refractivity contribution is 5.61. The summed E-state index contributed by atoms with van der Waals surface area (Å²) in [6.45, 7) is 5.39. The molecule has 168 valence electrons. The average molecular weight is 441 g/mol. The van der Waals surface area contributed by atoms with Crippen molar-refractivity contribution in [2.45, 2.75) is 44.1 Å². The van der Waals surface area contributed by atoms with Crippen LogP contribution in [-0.2, 0) is 10.2 Å². The summed E-state index contributed by atoms with van der Waals surface area (Å²) in [5.41, 5.74) is 0.404. The highest BCUT2D eigenvalue weighted by atomic mass is 19.1. The Hall–Kier alpha value is -2.93. The van der Waals surface area contributed by atoms with E-state index in [1.165, 1.54) is 5.56 Å². The van der Waals surface area contributed by atoms with Crippen LogP contribution >= 0.6 is 0 Å². The topological polar surface area (TPSA) is 47.0 Å². The van der Waals surface area contributed by atoms with Gasteiger partial charge in [0.1, 0.15) is 17.3 Å². The third-order valence-electron chi connectivity index (χ3n) is 6.04. The van der Waals surface area contributed by atoms with Gasteiger partial charge in [0.2, 0.25) is 5.95 Å². The fourth-order valence-corrected chi connectivity index (χ4v) is 4.61. The van der Waals surface area contributed by atoms with E-state index in [-0.39, 0.29) is 28.2 Å². The van der Waals surface area contributed by atoms with Crippen LogP contribution in [0.1, 0.15) is 38.7 Å². The standard InChI is InChI=1S/C25H26F3N3O/c1-24(2)16-25(11-13-32-24,17-6-4-3-5-7-17)10-12-29-23-30-15-21(28)22(31-23)19-14-18(26)8-9-20(19)27/h3-9,14-15H,10-13,16H2,1-2H3,(H,29,30,31). The number of hydrogen-bond donors (Lipinski definition) is 1. The van der Waals surface area contributed by atoms with E-state index in [1.54, 1.807) is 0 Å². The van der Waals surface area contributed by atoms with Crippen LogP contribution < -0.4 is 5.32 Å². The largest absolute Gasteiger partial charge is 0.376 e. The zero-order chi connectivity index (χ0) is 22.8. The van der Waals surface area contributed by atoms with Crippen LogP contribution in [0.25, 0.3) is 11.3 Å². The van der Waals surface area contributed by atoms with Crippen molar-refractivity contribution in [3.63, 3.8) is 0 Å². The van der Waals surface area contributed by atoms with Gasteiger partial charge < -0.3 is 10.1 Å². The summed E-state index contributed by atoms with van der Waals surface area (Å²) in [7, 11) is 0. The normalized spacial score (nSPS) is 20.2. The molecule has 0 saturated carbocycles. The lowest BCUT2D eigenvalue weighted by atomic mass is 9.67. The molecule has 32 heavy (non-hydrogen) atoms. The molecular formula is C25H26F3N3O. The number of nitrogens with one attached hydrogen (secondary N) is 1. The number of anilines is 1. The van der Waals surface area contributed by atoms with Gasteiger partial charge in [0.15, 0.2) is 5.82 Å². The number of aromatic nitrogens is 2. The molecule has 0 spiro atoms. The summed E-state index contributed by atoms with van der Waals surface area (Å²) in [4.78, 5) is 8.11. The van der Waals surface area contributed by atoms with Gasteiger partial charge in [-0.05, 0) is 56.9 Å². The summed E-state index contributed by atoms with van der Waals surface area (Å²) in [6.07, 6.45) is 3.50. The van der Waals surface area contributed by atoms with Gasteiger partial charge in [-0.1, -0.05) is 30.3 Å². The molecule has 1 unspecified atom stereocenters. The first-order valence-corrected chi connectivity index (χ1v) is 10.7. The Kier molecular flexibility index (Phi) is 6.20.